The van der Waals surface area contributed by atoms with Gasteiger partial charge >= 0.3 is 0 Å². The molecule has 0 saturated carbocycles. The maximum absolute atomic E-state index is 12.4. The van der Waals surface area contributed by atoms with E-state index in [-0.39, 0.29) is 4.90 Å². The Kier molecular flexibility index (Phi) is 5.58. The first-order valence-electron chi connectivity index (χ1n) is 10.2. The molecule has 0 unspecified atom stereocenters. The third-order valence-corrected chi connectivity index (χ3v) is 7.24. The van der Waals surface area contributed by atoms with Crippen molar-refractivity contribution in [2.75, 3.05) is 13.1 Å². The Balaban J connectivity index is 1.49. The van der Waals surface area contributed by atoms with Crippen LogP contribution in [0.2, 0.25) is 0 Å². The summed E-state index contributed by atoms with van der Waals surface area (Å²) >= 11 is 3.54. The summed E-state index contributed by atoms with van der Waals surface area (Å²) in [6.45, 7) is 0.772. The summed E-state index contributed by atoms with van der Waals surface area (Å²) < 4.78 is 34.5. The minimum absolute atomic E-state index is 0.262. The molecule has 32 heavy (non-hydrogen) atoms. The van der Waals surface area contributed by atoms with Crippen molar-refractivity contribution >= 4 is 58.9 Å². The second kappa shape index (κ2) is 8.54. The summed E-state index contributed by atoms with van der Waals surface area (Å²) in [7, 11) is -3.52. The molecule has 0 amide bonds. The molecule has 0 spiro atoms. The van der Waals surface area contributed by atoms with Crippen LogP contribution in [0.25, 0.3) is 33.0 Å². The molecule has 2 heterocycles. The van der Waals surface area contributed by atoms with Gasteiger partial charge in [-0.3, -0.25) is 4.99 Å². The van der Waals surface area contributed by atoms with Gasteiger partial charge in [0.2, 0.25) is 15.7 Å². The summed E-state index contributed by atoms with van der Waals surface area (Å²) in [6, 6.07) is 22.2. The molecule has 0 atom stereocenters. The smallest absolute Gasteiger partial charge is 0.240 e. The molecular formula is C24H20BrN3O3S. The number of benzene rings is 3. The van der Waals surface area contributed by atoms with E-state index in [9.17, 15) is 8.42 Å². The highest BCUT2D eigenvalue weighted by Gasteiger charge is 2.13. The SMILES string of the molecule is O=S(=O)(NCCCN=c1c2cc(Br)ccc2oc2[nH]c3ccccc3c12)c1ccccc1. The van der Waals surface area contributed by atoms with E-state index in [1.54, 1.807) is 30.3 Å². The standard InChI is InChI=1S/C24H20BrN3O3S/c25-16-11-12-21-19(15-16)23(22-18-9-4-5-10-20(18)28-24(22)31-21)26-13-6-14-27-32(29,30)17-7-2-1-3-8-17/h1-5,7-12,15,27-28H,6,13-14H2. The summed E-state index contributed by atoms with van der Waals surface area (Å²) in [6.07, 6.45) is 0.567. The number of nitrogens with one attached hydrogen (secondary N) is 2. The topological polar surface area (TPSA) is 87.5 Å². The van der Waals surface area contributed by atoms with Gasteiger partial charge in [0.15, 0.2) is 0 Å². The zero-order chi connectivity index (χ0) is 22.1. The Labute approximate surface area is 193 Å². The van der Waals surface area contributed by atoms with Crippen LogP contribution >= 0.6 is 15.9 Å². The fourth-order valence-corrected chi connectivity index (χ4v) is 5.23. The maximum Gasteiger partial charge on any atom is 0.240 e. The van der Waals surface area contributed by atoms with Crippen molar-refractivity contribution in [2.45, 2.75) is 11.3 Å². The average Bonchev–Trinajstić information content (AvgIpc) is 3.17. The van der Waals surface area contributed by atoms with Crippen LogP contribution in [0.4, 0.5) is 0 Å². The molecule has 0 aliphatic heterocycles. The largest absolute Gasteiger partial charge is 0.440 e. The lowest BCUT2D eigenvalue weighted by molar-refractivity contribution is 0.579. The highest BCUT2D eigenvalue weighted by molar-refractivity contribution is 9.10. The molecule has 162 valence electrons. The summed E-state index contributed by atoms with van der Waals surface area (Å²) in [5.74, 6) is 0. The van der Waals surface area contributed by atoms with E-state index in [1.165, 1.54) is 0 Å². The predicted octanol–water partition coefficient (Wildman–Crippen LogP) is 5.10. The van der Waals surface area contributed by atoms with Crippen molar-refractivity contribution in [3.63, 3.8) is 0 Å². The fourth-order valence-electron chi connectivity index (χ4n) is 3.77. The van der Waals surface area contributed by atoms with E-state index in [2.05, 4.69) is 25.6 Å². The Hall–Kier alpha value is -2.94. The van der Waals surface area contributed by atoms with E-state index in [0.29, 0.717) is 25.2 Å². The van der Waals surface area contributed by atoms with E-state index >= 15 is 0 Å². The first-order valence-corrected chi connectivity index (χ1v) is 12.5. The normalized spacial score (nSPS) is 12.8. The highest BCUT2D eigenvalue weighted by Crippen LogP contribution is 2.27. The number of aromatic amines is 1. The third-order valence-electron chi connectivity index (χ3n) is 5.27. The number of fused-ring (bicyclic) bond motifs is 4. The second-order valence-corrected chi connectivity index (χ2v) is 10.1. The molecule has 0 aliphatic carbocycles. The lowest BCUT2D eigenvalue weighted by atomic mass is 10.1. The maximum atomic E-state index is 12.4. The molecule has 5 aromatic rings. The molecule has 0 saturated heterocycles. The number of hydrogen-bond acceptors (Lipinski definition) is 4. The zero-order valence-corrected chi connectivity index (χ0v) is 19.4. The van der Waals surface area contributed by atoms with Gasteiger partial charge in [0.25, 0.3) is 0 Å². The second-order valence-electron chi connectivity index (χ2n) is 7.41. The van der Waals surface area contributed by atoms with Gasteiger partial charge < -0.3 is 9.40 Å². The van der Waals surface area contributed by atoms with Crippen LogP contribution in [0.1, 0.15) is 6.42 Å². The van der Waals surface area contributed by atoms with E-state index in [1.807, 2.05) is 42.5 Å². The Morgan fingerprint density at radius 3 is 2.59 bits per heavy atom. The molecule has 6 nitrogen and oxygen atoms in total. The minimum atomic E-state index is -3.52. The Morgan fingerprint density at radius 1 is 0.969 bits per heavy atom. The molecule has 0 fully saturated rings. The Morgan fingerprint density at radius 2 is 1.75 bits per heavy atom. The van der Waals surface area contributed by atoms with Gasteiger partial charge in [-0.05, 0) is 42.8 Å². The average molecular weight is 510 g/mol. The molecule has 0 aliphatic rings. The number of nitrogens with zero attached hydrogens (tertiary/aromatic N) is 1. The highest BCUT2D eigenvalue weighted by atomic mass is 79.9. The van der Waals surface area contributed by atoms with Crippen LogP contribution in [0.15, 0.2) is 91.6 Å². The van der Waals surface area contributed by atoms with Crippen LogP contribution in [-0.4, -0.2) is 26.5 Å². The van der Waals surface area contributed by atoms with Crippen LogP contribution in [0.3, 0.4) is 0 Å². The number of hydrogen-bond donors (Lipinski definition) is 2. The molecule has 0 radical (unpaired) electrons. The monoisotopic (exact) mass is 509 g/mol. The lowest BCUT2D eigenvalue weighted by Crippen LogP contribution is -2.25. The molecule has 2 aromatic heterocycles. The number of H-pyrrole nitrogens is 1. The van der Waals surface area contributed by atoms with Gasteiger partial charge in [-0.2, -0.15) is 0 Å². The van der Waals surface area contributed by atoms with Gasteiger partial charge in [0.05, 0.1) is 15.6 Å². The van der Waals surface area contributed by atoms with Crippen LogP contribution < -0.4 is 10.1 Å². The van der Waals surface area contributed by atoms with Crippen molar-refractivity contribution in [1.29, 1.82) is 0 Å². The van der Waals surface area contributed by atoms with E-state index in [4.69, 9.17) is 9.41 Å². The van der Waals surface area contributed by atoms with Crippen LogP contribution in [0.5, 0.6) is 0 Å². The van der Waals surface area contributed by atoms with Gasteiger partial charge in [-0.25, -0.2) is 13.1 Å². The first-order chi connectivity index (χ1) is 15.5. The van der Waals surface area contributed by atoms with Gasteiger partial charge in [-0.1, -0.05) is 52.3 Å². The number of sulfonamides is 1. The number of aromatic nitrogens is 1. The van der Waals surface area contributed by atoms with Crippen LogP contribution in [-0.2, 0) is 10.0 Å². The molecule has 8 heteroatoms. The van der Waals surface area contributed by atoms with E-state index in [0.717, 1.165) is 37.1 Å². The fraction of sp³-hybridized carbons (Fsp3) is 0.125. The van der Waals surface area contributed by atoms with Crippen molar-refractivity contribution in [3.05, 3.63) is 82.6 Å². The molecule has 2 N–H and O–H groups in total. The van der Waals surface area contributed by atoms with Crippen molar-refractivity contribution in [1.82, 2.24) is 9.71 Å². The van der Waals surface area contributed by atoms with Crippen molar-refractivity contribution in [2.24, 2.45) is 4.99 Å². The molecule has 0 bridgehead atoms. The first kappa shape index (κ1) is 20.9. The van der Waals surface area contributed by atoms with Gasteiger partial charge in [-0.15, -0.1) is 0 Å². The predicted molar refractivity (Wildman–Crippen MR) is 130 cm³/mol. The summed E-state index contributed by atoms with van der Waals surface area (Å²) in [5, 5.41) is 3.71. The molecule has 5 rings (SSSR count). The zero-order valence-electron chi connectivity index (χ0n) is 17.0. The number of para-hydroxylation sites is 1. The Bertz CT molecular complexity index is 1610. The molecular weight excluding hydrogens is 490 g/mol. The summed E-state index contributed by atoms with van der Waals surface area (Å²) in [5.41, 5.74) is 2.38. The van der Waals surface area contributed by atoms with Crippen molar-refractivity contribution in [3.8, 4) is 0 Å². The third kappa shape index (κ3) is 3.97. The minimum Gasteiger partial charge on any atom is -0.440 e. The number of rotatable bonds is 6. The van der Waals surface area contributed by atoms with Crippen LogP contribution in [0, 0.1) is 0 Å². The summed E-state index contributed by atoms with van der Waals surface area (Å²) in [4.78, 5) is 8.48. The molecule has 3 aromatic carbocycles. The van der Waals surface area contributed by atoms with Crippen molar-refractivity contribution < 1.29 is 12.8 Å². The van der Waals surface area contributed by atoms with Gasteiger partial charge in [0, 0.05) is 33.9 Å². The quantitative estimate of drug-likeness (QED) is 0.312. The lowest BCUT2D eigenvalue weighted by Gasteiger charge is -2.06. The van der Waals surface area contributed by atoms with E-state index < -0.39 is 10.0 Å². The van der Waals surface area contributed by atoms with Gasteiger partial charge in [0.1, 0.15) is 5.58 Å². The number of halogens is 1.